The van der Waals surface area contributed by atoms with Gasteiger partial charge in [0.15, 0.2) is 0 Å². The van der Waals surface area contributed by atoms with Crippen molar-refractivity contribution in [3.63, 3.8) is 0 Å². The fraction of sp³-hybridized carbons (Fsp3) is 0.450. The Morgan fingerprint density at radius 1 is 0.667 bits per heavy atom. The van der Waals surface area contributed by atoms with E-state index in [0.717, 1.165) is 6.42 Å². The summed E-state index contributed by atoms with van der Waals surface area (Å²) >= 11 is 0. The molecule has 0 aliphatic carbocycles. The lowest BCUT2D eigenvalue weighted by Gasteiger charge is -2.25. The van der Waals surface area contributed by atoms with Crippen molar-refractivity contribution in [1.29, 1.82) is 0 Å². The van der Waals surface area contributed by atoms with Crippen LogP contribution in [0.1, 0.15) is 32.6 Å². The minimum Gasteiger partial charge on any atom is -0.481 e. The zero-order chi connectivity index (χ0) is 23.5. The molecule has 0 fully saturated rings. The van der Waals surface area contributed by atoms with Crippen molar-refractivity contribution in [3.8, 4) is 0 Å². The van der Waals surface area contributed by atoms with Crippen LogP contribution in [0.4, 0.5) is 0 Å². The van der Waals surface area contributed by atoms with E-state index in [-0.39, 0.29) is 6.42 Å². The number of allylic oxidation sites excluding steroid dienone is 10. The highest BCUT2D eigenvalue weighted by Crippen LogP contribution is 2.31. The van der Waals surface area contributed by atoms with E-state index in [1.165, 1.54) is 42.5 Å². The second-order valence-electron chi connectivity index (χ2n) is 7.50. The normalized spacial score (nSPS) is 14.7. The van der Waals surface area contributed by atoms with E-state index in [1.54, 1.807) is 12.2 Å². The summed E-state index contributed by atoms with van der Waals surface area (Å²) in [5, 5.41) is 3.28. The summed E-state index contributed by atoms with van der Waals surface area (Å²) in [5.41, 5.74) is 0. The number of carbonyl (C=O) groups is 1. The van der Waals surface area contributed by atoms with Gasteiger partial charge < -0.3 is 5.11 Å². The van der Waals surface area contributed by atoms with Crippen molar-refractivity contribution in [2.45, 2.75) is 53.5 Å². The molecule has 0 aliphatic rings. The first-order valence-electron chi connectivity index (χ1n) is 9.59. The van der Waals surface area contributed by atoms with Crippen LogP contribution in [0.5, 0.6) is 0 Å². The first kappa shape index (κ1) is 28.7. The zero-order valence-corrected chi connectivity index (χ0v) is 17.6. The molecule has 0 aromatic heterocycles. The zero-order valence-electron chi connectivity index (χ0n) is 17.6. The first-order valence-corrected chi connectivity index (χ1v) is 9.59. The van der Waals surface area contributed by atoms with Crippen LogP contribution in [0, 0.1) is 0 Å². The van der Waals surface area contributed by atoms with Gasteiger partial charge in [0.2, 0.25) is 0 Å². The summed E-state index contributed by atoms with van der Waals surface area (Å²) in [5.74, 6) is -0.857. The Hall–Kier alpha value is -1.31. The molecule has 0 heterocycles. The van der Waals surface area contributed by atoms with Gasteiger partial charge in [0.25, 0.3) is 0 Å². The Bertz CT molecular complexity index is 689. The van der Waals surface area contributed by atoms with E-state index >= 15 is 0 Å². The van der Waals surface area contributed by atoms with Gasteiger partial charge in [-0.2, -0.15) is 0 Å². The molecule has 0 bridgehead atoms. The summed E-state index contributed by atoms with van der Waals surface area (Å²) in [7, 11) is 47.7. The van der Waals surface area contributed by atoms with Gasteiger partial charge in [-0.05, 0) is 19.3 Å². The van der Waals surface area contributed by atoms with Crippen molar-refractivity contribution < 1.29 is 9.90 Å². The van der Waals surface area contributed by atoms with Gasteiger partial charge in [0.05, 0.1) is 62.8 Å². The number of unbranched alkanes of at least 4 members (excludes halogenated alkanes) is 1. The summed E-state index contributed by atoms with van der Waals surface area (Å²) in [6, 6.07) is 0. The monoisotopic (exact) mass is 382 g/mol. The molecule has 0 rings (SSSR count). The van der Waals surface area contributed by atoms with Gasteiger partial charge in [-0.25, -0.2) is 0 Å². The molecule has 0 atom stereocenters. The van der Waals surface area contributed by atoms with Crippen LogP contribution in [-0.4, -0.2) is 73.8 Å². The van der Waals surface area contributed by atoms with Crippen LogP contribution in [0.15, 0.2) is 60.8 Å². The van der Waals surface area contributed by atoms with Gasteiger partial charge >= 0.3 is 5.97 Å². The van der Waals surface area contributed by atoms with E-state index in [1.807, 2.05) is 13.0 Å². The number of rotatable bonds is 13. The standard InChI is InChI=1S/C20H22B8O2/c1-2-3-8-17(21,22)10-12-19(25,26)14-15-20(27,28)13-11-18(23,24)9-6-4-5-7-16(29)30/h3,6,8-15H,2,4-5,7H2,1H3,(H,29,30)/b8-3-,9-6-,12-10-,13-11-,15-14-. The Morgan fingerprint density at radius 2 is 1.00 bits per heavy atom. The highest BCUT2D eigenvalue weighted by molar-refractivity contribution is 6.46. The average Bonchev–Trinajstić information content (AvgIpc) is 2.62. The molecule has 0 saturated heterocycles. The molecule has 0 saturated carbocycles. The SMILES string of the molecule is [B]C([B])(/C=C\CC)/C=C\C([B])([B])/C=C\C([B])([B])/C=C\C([B])([B])/C=C\CCCC(=O)O. The summed E-state index contributed by atoms with van der Waals surface area (Å²) < 4.78 is 0. The van der Waals surface area contributed by atoms with Gasteiger partial charge in [0, 0.05) is 6.42 Å². The molecule has 0 aromatic carbocycles. The van der Waals surface area contributed by atoms with Gasteiger partial charge in [-0.15, -0.1) is 0 Å². The topological polar surface area (TPSA) is 37.3 Å². The molecular formula is C20H22B8O2. The third-order valence-corrected chi connectivity index (χ3v) is 3.79. The van der Waals surface area contributed by atoms with Crippen LogP contribution in [-0.2, 0) is 4.79 Å². The highest BCUT2D eigenvalue weighted by atomic mass is 16.4. The maximum atomic E-state index is 10.5. The number of carboxylic acid groups (broad SMARTS) is 1. The number of hydrogen-bond donors (Lipinski definition) is 1. The van der Waals surface area contributed by atoms with Crippen molar-refractivity contribution in [2.75, 3.05) is 0 Å². The van der Waals surface area contributed by atoms with Gasteiger partial charge in [0.1, 0.15) is 0 Å². The Morgan fingerprint density at radius 3 is 1.33 bits per heavy atom. The second-order valence-corrected chi connectivity index (χ2v) is 7.50. The minimum absolute atomic E-state index is 0.0700. The smallest absolute Gasteiger partial charge is 0.303 e. The first-order chi connectivity index (χ1) is 13.6. The summed E-state index contributed by atoms with van der Waals surface area (Å²) in [6.07, 6.45) is 17.1. The third-order valence-electron chi connectivity index (χ3n) is 3.79. The largest absolute Gasteiger partial charge is 0.481 e. The predicted octanol–water partition coefficient (Wildman–Crippen LogP) is 2.25. The van der Waals surface area contributed by atoms with Crippen LogP contribution < -0.4 is 0 Å². The Balaban J connectivity index is 5.01. The average molecular weight is 381 g/mol. The molecule has 0 unspecified atom stereocenters. The number of carboxylic acids is 1. The molecule has 0 aliphatic heterocycles. The molecule has 2 nitrogen and oxygen atoms in total. The van der Waals surface area contributed by atoms with E-state index < -0.39 is 26.8 Å². The maximum absolute atomic E-state index is 10.5. The molecule has 10 heteroatoms. The molecule has 0 aromatic rings. The Labute approximate surface area is 192 Å². The van der Waals surface area contributed by atoms with Crippen molar-refractivity contribution in [3.05, 3.63) is 60.8 Å². The summed E-state index contributed by atoms with van der Waals surface area (Å²) in [4.78, 5) is 10.5. The molecular weight excluding hydrogens is 359 g/mol. The van der Waals surface area contributed by atoms with Crippen LogP contribution in [0.2, 0.25) is 20.9 Å². The van der Waals surface area contributed by atoms with E-state index in [9.17, 15) is 4.79 Å². The molecule has 0 amide bonds. The van der Waals surface area contributed by atoms with E-state index in [0.29, 0.717) is 12.8 Å². The van der Waals surface area contributed by atoms with E-state index in [4.69, 9.17) is 67.9 Å². The van der Waals surface area contributed by atoms with Crippen LogP contribution in [0.25, 0.3) is 0 Å². The molecule has 138 valence electrons. The fourth-order valence-electron chi connectivity index (χ4n) is 2.07. The Kier molecular flexibility index (Phi) is 12.0. The van der Waals surface area contributed by atoms with E-state index in [2.05, 4.69) is 0 Å². The fourth-order valence-corrected chi connectivity index (χ4v) is 2.07. The van der Waals surface area contributed by atoms with Gasteiger partial charge in [-0.1, -0.05) is 88.5 Å². The van der Waals surface area contributed by atoms with Crippen molar-refractivity contribution in [1.82, 2.24) is 0 Å². The van der Waals surface area contributed by atoms with Crippen LogP contribution >= 0.6 is 0 Å². The molecule has 16 radical (unpaired) electrons. The summed E-state index contributed by atoms with van der Waals surface area (Å²) in [6.45, 7) is 1.96. The molecule has 30 heavy (non-hydrogen) atoms. The molecule has 0 spiro atoms. The minimum atomic E-state index is -1.43. The number of aliphatic carboxylic acids is 1. The quantitative estimate of drug-likeness (QED) is 0.302. The van der Waals surface area contributed by atoms with Gasteiger partial charge in [-0.3, -0.25) is 4.79 Å². The van der Waals surface area contributed by atoms with Crippen LogP contribution in [0.3, 0.4) is 0 Å². The lowest BCUT2D eigenvalue weighted by atomic mass is 9.47. The number of hydrogen-bond acceptors (Lipinski definition) is 1. The van der Waals surface area contributed by atoms with Crippen molar-refractivity contribution in [2.24, 2.45) is 0 Å². The second kappa shape index (κ2) is 12.5. The predicted molar refractivity (Wildman–Crippen MR) is 134 cm³/mol. The molecule has 1 N–H and O–H groups in total. The highest BCUT2D eigenvalue weighted by Gasteiger charge is 2.16. The maximum Gasteiger partial charge on any atom is 0.303 e. The lowest BCUT2D eigenvalue weighted by Crippen LogP contribution is -2.13. The third kappa shape index (κ3) is 15.5. The van der Waals surface area contributed by atoms with Crippen molar-refractivity contribution >= 4 is 68.7 Å². The lowest BCUT2D eigenvalue weighted by molar-refractivity contribution is -0.137.